The lowest BCUT2D eigenvalue weighted by Crippen LogP contribution is -2.29. The summed E-state index contributed by atoms with van der Waals surface area (Å²) < 4.78 is 2.24. The van der Waals surface area contributed by atoms with Crippen LogP contribution in [0.25, 0.3) is 5.69 Å². The zero-order valence-corrected chi connectivity index (χ0v) is 12.4. The normalized spacial score (nSPS) is 10.6. The zero-order valence-electron chi connectivity index (χ0n) is 9.20. The van der Waals surface area contributed by atoms with E-state index in [9.17, 15) is 14.7 Å². The second-order valence-electron chi connectivity index (χ2n) is 3.67. The van der Waals surface area contributed by atoms with Crippen LogP contribution in [0.15, 0.2) is 36.7 Å². The number of phenols is 1. The summed E-state index contributed by atoms with van der Waals surface area (Å²) in [5, 5.41) is 9.62. The van der Waals surface area contributed by atoms with Crippen LogP contribution in [-0.2, 0) is 0 Å². The largest absolute Gasteiger partial charge is 0.506 e. The molecule has 2 N–H and O–H groups in total. The Morgan fingerprint density at radius 3 is 2.22 bits per heavy atom. The molecule has 0 aliphatic heterocycles. The molecule has 1 heterocycles. The predicted octanol–water partition coefficient (Wildman–Crippen LogP) is 2.06. The van der Waals surface area contributed by atoms with Crippen molar-refractivity contribution in [1.29, 1.82) is 0 Å². The van der Waals surface area contributed by atoms with Crippen LogP contribution < -0.4 is 11.2 Å². The van der Waals surface area contributed by atoms with Gasteiger partial charge in [0, 0.05) is 11.8 Å². The Morgan fingerprint density at radius 1 is 1.17 bits per heavy atom. The monoisotopic (exact) mass is 374 g/mol. The first-order chi connectivity index (χ1) is 8.40. The van der Waals surface area contributed by atoms with Gasteiger partial charge >= 0.3 is 5.69 Å². The van der Waals surface area contributed by atoms with Crippen molar-refractivity contribution in [2.45, 2.75) is 6.92 Å². The lowest BCUT2D eigenvalue weighted by molar-refractivity contribution is 0.468. The number of hydrogen-bond acceptors (Lipinski definition) is 3. The second-order valence-corrected chi connectivity index (χ2v) is 5.38. The summed E-state index contributed by atoms with van der Waals surface area (Å²) in [4.78, 5) is 25.1. The van der Waals surface area contributed by atoms with Crippen LogP contribution in [0.2, 0.25) is 0 Å². The van der Waals surface area contributed by atoms with Crippen molar-refractivity contribution < 1.29 is 5.11 Å². The van der Waals surface area contributed by atoms with E-state index in [1.165, 1.54) is 10.6 Å². The number of phenolic OH excluding ortho intramolecular Hbond substituents is 1. The summed E-state index contributed by atoms with van der Waals surface area (Å²) >= 11 is 6.38. The molecule has 1 aromatic heterocycles. The van der Waals surface area contributed by atoms with Crippen molar-refractivity contribution in [3.05, 3.63) is 53.7 Å². The van der Waals surface area contributed by atoms with E-state index in [0.29, 0.717) is 20.3 Å². The van der Waals surface area contributed by atoms with Crippen molar-refractivity contribution in [3.8, 4) is 11.4 Å². The molecule has 0 unspecified atom stereocenters. The molecule has 18 heavy (non-hydrogen) atoms. The number of aromatic amines is 1. The van der Waals surface area contributed by atoms with Crippen molar-refractivity contribution >= 4 is 31.9 Å². The van der Waals surface area contributed by atoms with E-state index < -0.39 is 11.2 Å². The van der Waals surface area contributed by atoms with E-state index in [4.69, 9.17) is 0 Å². The van der Waals surface area contributed by atoms with Crippen LogP contribution in [-0.4, -0.2) is 14.7 Å². The highest BCUT2D eigenvalue weighted by Gasteiger charge is 2.10. The molecule has 0 saturated heterocycles. The molecule has 0 atom stereocenters. The SMILES string of the molecule is Cc1cc(=O)[nH]c(=O)n1-c1cc(Br)c(O)c(Br)c1. The molecule has 5 nitrogen and oxygen atoms in total. The van der Waals surface area contributed by atoms with Crippen LogP contribution in [0.3, 0.4) is 0 Å². The number of aromatic hydroxyl groups is 1. The minimum atomic E-state index is -0.524. The fourth-order valence-corrected chi connectivity index (χ4v) is 2.78. The predicted molar refractivity (Wildman–Crippen MR) is 74.5 cm³/mol. The van der Waals surface area contributed by atoms with Gasteiger partial charge in [-0.1, -0.05) is 0 Å². The molecule has 2 rings (SSSR count). The third kappa shape index (κ3) is 2.28. The zero-order chi connectivity index (χ0) is 13.4. The van der Waals surface area contributed by atoms with Crippen molar-refractivity contribution in [2.75, 3.05) is 0 Å². The minimum absolute atomic E-state index is 0.0499. The van der Waals surface area contributed by atoms with E-state index in [2.05, 4.69) is 36.8 Å². The number of aryl methyl sites for hydroxylation is 1. The van der Waals surface area contributed by atoms with Gasteiger partial charge in [0.1, 0.15) is 5.75 Å². The number of benzene rings is 1. The first kappa shape index (κ1) is 13.1. The van der Waals surface area contributed by atoms with Crippen LogP contribution in [0.5, 0.6) is 5.75 Å². The summed E-state index contributed by atoms with van der Waals surface area (Å²) in [6.07, 6.45) is 0. The number of halogens is 2. The molecular weight excluding hydrogens is 368 g/mol. The maximum Gasteiger partial charge on any atom is 0.333 e. The molecule has 0 spiro atoms. The van der Waals surface area contributed by atoms with Gasteiger partial charge in [0.2, 0.25) is 0 Å². The van der Waals surface area contributed by atoms with Gasteiger partial charge in [0.25, 0.3) is 5.56 Å². The molecule has 0 fully saturated rings. The molecule has 0 bridgehead atoms. The van der Waals surface area contributed by atoms with Gasteiger partial charge in [-0.05, 0) is 50.9 Å². The Bertz CT molecular complexity index is 711. The molecule has 0 radical (unpaired) electrons. The average molecular weight is 376 g/mol. The molecular formula is C11H8Br2N2O3. The molecule has 7 heteroatoms. The van der Waals surface area contributed by atoms with Crippen LogP contribution in [0.4, 0.5) is 0 Å². The van der Waals surface area contributed by atoms with Gasteiger partial charge < -0.3 is 5.11 Å². The number of hydrogen-bond donors (Lipinski definition) is 2. The Hall–Kier alpha value is -1.34. The first-order valence-corrected chi connectivity index (χ1v) is 6.50. The smallest absolute Gasteiger partial charge is 0.333 e. The van der Waals surface area contributed by atoms with Gasteiger partial charge in [-0.15, -0.1) is 0 Å². The molecule has 1 aromatic carbocycles. The Balaban J connectivity index is 2.78. The quantitative estimate of drug-likeness (QED) is 0.801. The number of H-pyrrole nitrogens is 1. The summed E-state index contributed by atoms with van der Waals surface area (Å²) in [7, 11) is 0. The van der Waals surface area contributed by atoms with E-state index in [1.54, 1.807) is 19.1 Å². The Morgan fingerprint density at radius 2 is 1.72 bits per heavy atom. The van der Waals surface area contributed by atoms with Crippen molar-refractivity contribution in [3.63, 3.8) is 0 Å². The molecule has 0 saturated carbocycles. The highest BCUT2D eigenvalue weighted by atomic mass is 79.9. The molecule has 2 aromatic rings. The lowest BCUT2D eigenvalue weighted by atomic mass is 10.3. The van der Waals surface area contributed by atoms with Gasteiger partial charge in [-0.25, -0.2) is 4.79 Å². The van der Waals surface area contributed by atoms with Gasteiger partial charge in [-0.3, -0.25) is 14.3 Å². The number of nitrogens with one attached hydrogen (secondary N) is 1. The van der Waals surface area contributed by atoms with Crippen LogP contribution >= 0.6 is 31.9 Å². The third-order valence-electron chi connectivity index (χ3n) is 2.39. The maximum absolute atomic E-state index is 11.8. The standard InChI is InChI=1S/C11H8Br2N2O3/c1-5-2-9(16)14-11(18)15(5)6-3-7(12)10(17)8(13)4-6/h2-4,17H,1H3,(H,14,16,18). The fraction of sp³-hybridized carbons (Fsp3) is 0.0909. The maximum atomic E-state index is 11.8. The van der Waals surface area contributed by atoms with Gasteiger partial charge in [0.15, 0.2) is 0 Å². The molecule has 94 valence electrons. The molecule has 0 amide bonds. The molecule has 0 aliphatic carbocycles. The van der Waals surface area contributed by atoms with E-state index in [-0.39, 0.29) is 5.75 Å². The number of aromatic nitrogens is 2. The number of rotatable bonds is 1. The third-order valence-corrected chi connectivity index (χ3v) is 3.59. The van der Waals surface area contributed by atoms with Gasteiger partial charge in [0.05, 0.1) is 14.6 Å². The first-order valence-electron chi connectivity index (χ1n) is 4.91. The highest BCUT2D eigenvalue weighted by Crippen LogP contribution is 2.34. The van der Waals surface area contributed by atoms with Crippen molar-refractivity contribution in [1.82, 2.24) is 9.55 Å². The molecule has 0 aliphatic rings. The van der Waals surface area contributed by atoms with Crippen molar-refractivity contribution in [2.24, 2.45) is 0 Å². The highest BCUT2D eigenvalue weighted by molar-refractivity contribution is 9.11. The van der Waals surface area contributed by atoms with E-state index in [0.717, 1.165) is 0 Å². The van der Waals surface area contributed by atoms with E-state index in [1.807, 2.05) is 0 Å². The Labute approximate surface area is 118 Å². The number of nitrogens with zero attached hydrogens (tertiary/aromatic N) is 1. The summed E-state index contributed by atoms with van der Waals surface area (Å²) in [5.74, 6) is 0.0499. The summed E-state index contributed by atoms with van der Waals surface area (Å²) in [6, 6.07) is 4.51. The lowest BCUT2D eigenvalue weighted by Gasteiger charge is -2.10. The fourth-order valence-electron chi connectivity index (χ4n) is 1.61. The summed E-state index contributed by atoms with van der Waals surface area (Å²) in [5.41, 5.74) is 0.0775. The van der Waals surface area contributed by atoms with E-state index >= 15 is 0 Å². The summed E-state index contributed by atoms with van der Waals surface area (Å²) in [6.45, 7) is 1.66. The average Bonchev–Trinajstić information content (AvgIpc) is 2.24. The minimum Gasteiger partial charge on any atom is -0.506 e. The second kappa shape index (κ2) is 4.74. The van der Waals surface area contributed by atoms with Gasteiger partial charge in [-0.2, -0.15) is 0 Å². The topological polar surface area (TPSA) is 75.1 Å². The Kier molecular flexibility index (Phi) is 3.45. The van der Waals surface area contributed by atoms with Crippen LogP contribution in [0, 0.1) is 6.92 Å². The van der Waals surface area contributed by atoms with Crippen LogP contribution in [0.1, 0.15) is 5.69 Å².